The summed E-state index contributed by atoms with van der Waals surface area (Å²) in [7, 11) is 0. The van der Waals surface area contributed by atoms with E-state index in [0.29, 0.717) is 13.1 Å². The lowest BCUT2D eigenvalue weighted by atomic mass is 10.0. The summed E-state index contributed by atoms with van der Waals surface area (Å²) in [5, 5.41) is 12.9. The van der Waals surface area contributed by atoms with E-state index in [4.69, 9.17) is 0 Å². The van der Waals surface area contributed by atoms with Gasteiger partial charge >= 0.3 is 0 Å². The number of hydrogen-bond acceptors (Lipinski definition) is 4. The molecular formula is C20H25N3O2. The number of carbonyl (C=O) groups is 1. The van der Waals surface area contributed by atoms with Gasteiger partial charge in [-0.2, -0.15) is 0 Å². The second kappa shape index (κ2) is 8.23. The van der Waals surface area contributed by atoms with Crippen molar-refractivity contribution < 1.29 is 9.90 Å². The Morgan fingerprint density at radius 1 is 1.28 bits per heavy atom. The molecule has 3 unspecified atom stereocenters. The maximum atomic E-state index is 12.7. The molecule has 3 atom stereocenters. The van der Waals surface area contributed by atoms with Gasteiger partial charge < -0.3 is 10.4 Å². The van der Waals surface area contributed by atoms with Gasteiger partial charge in [-0.3, -0.25) is 14.7 Å². The Morgan fingerprint density at radius 3 is 2.68 bits per heavy atom. The highest BCUT2D eigenvalue weighted by Gasteiger charge is 2.26. The topological polar surface area (TPSA) is 65.5 Å². The first-order valence-corrected chi connectivity index (χ1v) is 8.80. The van der Waals surface area contributed by atoms with E-state index in [9.17, 15) is 9.90 Å². The van der Waals surface area contributed by atoms with Crippen molar-refractivity contribution in [3.63, 3.8) is 0 Å². The summed E-state index contributed by atoms with van der Waals surface area (Å²) < 4.78 is 0. The third-order valence-corrected chi connectivity index (χ3v) is 4.73. The number of rotatable bonds is 6. The maximum Gasteiger partial charge on any atom is 0.229 e. The van der Waals surface area contributed by atoms with E-state index in [0.717, 1.165) is 24.2 Å². The fraction of sp³-hybridized carbons (Fsp3) is 0.400. The van der Waals surface area contributed by atoms with Crippen LogP contribution in [0, 0.1) is 0 Å². The third kappa shape index (κ3) is 4.65. The van der Waals surface area contributed by atoms with E-state index in [2.05, 4.69) is 15.2 Å². The molecule has 2 N–H and O–H groups in total. The predicted molar refractivity (Wildman–Crippen MR) is 97.0 cm³/mol. The number of nitrogens with zero attached hydrogens (tertiary/aromatic N) is 2. The molecular weight excluding hydrogens is 314 g/mol. The average Bonchev–Trinajstić information content (AvgIpc) is 3.06. The quantitative estimate of drug-likeness (QED) is 0.846. The summed E-state index contributed by atoms with van der Waals surface area (Å²) in [6.45, 7) is 4.09. The van der Waals surface area contributed by atoms with Crippen molar-refractivity contribution in [1.29, 1.82) is 0 Å². The fourth-order valence-electron chi connectivity index (χ4n) is 3.22. The second-order valence-corrected chi connectivity index (χ2v) is 6.65. The van der Waals surface area contributed by atoms with E-state index in [-0.39, 0.29) is 24.0 Å². The molecule has 1 amide bonds. The normalized spacial score (nSPS) is 20.2. The number of hydrogen-bond donors (Lipinski definition) is 2. The maximum absolute atomic E-state index is 12.7. The predicted octanol–water partition coefficient (Wildman–Crippen LogP) is 2.11. The minimum absolute atomic E-state index is 0.0349. The lowest BCUT2D eigenvalue weighted by Crippen LogP contribution is -2.39. The molecule has 5 heteroatoms. The van der Waals surface area contributed by atoms with Gasteiger partial charge in [0.15, 0.2) is 0 Å². The Kier molecular flexibility index (Phi) is 5.79. The van der Waals surface area contributed by atoms with Gasteiger partial charge in [-0.25, -0.2) is 0 Å². The molecule has 0 saturated carbocycles. The van der Waals surface area contributed by atoms with E-state index < -0.39 is 0 Å². The van der Waals surface area contributed by atoms with Crippen molar-refractivity contribution in [2.24, 2.45) is 0 Å². The molecule has 1 aliphatic heterocycles. The number of amides is 1. The minimum Gasteiger partial charge on any atom is -0.392 e. The molecule has 2 heterocycles. The van der Waals surface area contributed by atoms with Crippen LogP contribution in [0.25, 0.3) is 0 Å². The molecule has 0 spiro atoms. The molecule has 2 aromatic rings. The van der Waals surface area contributed by atoms with E-state index in [1.165, 1.54) is 0 Å². The van der Waals surface area contributed by atoms with Gasteiger partial charge in [0, 0.05) is 25.8 Å². The number of β-amino-alcohol motifs (C(OH)–C–C–N with tert-alkyl or cyclic N) is 1. The molecule has 0 aliphatic carbocycles. The lowest BCUT2D eigenvalue weighted by molar-refractivity contribution is -0.123. The summed E-state index contributed by atoms with van der Waals surface area (Å²) in [6.07, 6.45) is 2.23. The van der Waals surface area contributed by atoms with Crippen LogP contribution in [0.5, 0.6) is 0 Å². The number of nitrogens with one attached hydrogen (secondary N) is 1. The highest BCUT2D eigenvalue weighted by molar-refractivity contribution is 5.83. The summed E-state index contributed by atoms with van der Waals surface area (Å²) in [5.41, 5.74) is 1.84. The van der Waals surface area contributed by atoms with Crippen LogP contribution in [0.4, 0.5) is 0 Å². The standard InChI is InChI=1S/C20H25N3O2/c1-15(18-9-5-6-11-21-18)20(25)22-19(16-7-3-2-4-8-16)14-23-12-10-17(24)13-23/h2-9,11,15,17,19,24H,10,12-14H2,1H3,(H,22,25). The summed E-state index contributed by atoms with van der Waals surface area (Å²) >= 11 is 0. The van der Waals surface area contributed by atoms with Crippen molar-refractivity contribution in [3.05, 3.63) is 66.0 Å². The number of likely N-dealkylation sites (tertiary alicyclic amines) is 1. The molecule has 0 bridgehead atoms. The van der Waals surface area contributed by atoms with Crippen LogP contribution >= 0.6 is 0 Å². The molecule has 5 nitrogen and oxygen atoms in total. The zero-order chi connectivity index (χ0) is 17.6. The highest BCUT2D eigenvalue weighted by atomic mass is 16.3. The van der Waals surface area contributed by atoms with Gasteiger partial charge in [-0.15, -0.1) is 0 Å². The highest BCUT2D eigenvalue weighted by Crippen LogP contribution is 2.20. The molecule has 25 heavy (non-hydrogen) atoms. The number of pyridine rings is 1. The van der Waals surface area contributed by atoms with Crippen LogP contribution < -0.4 is 5.32 Å². The number of aromatic nitrogens is 1. The van der Waals surface area contributed by atoms with Crippen molar-refractivity contribution in [1.82, 2.24) is 15.2 Å². The zero-order valence-electron chi connectivity index (χ0n) is 14.5. The van der Waals surface area contributed by atoms with E-state index in [1.54, 1.807) is 6.20 Å². The Labute approximate surface area is 148 Å². The number of aliphatic hydroxyl groups is 1. The Balaban J connectivity index is 1.72. The minimum atomic E-state index is -0.309. The van der Waals surface area contributed by atoms with Crippen molar-refractivity contribution in [2.45, 2.75) is 31.4 Å². The Hall–Kier alpha value is -2.24. The molecule has 0 radical (unpaired) electrons. The van der Waals surface area contributed by atoms with Crippen LogP contribution in [-0.2, 0) is 4.79 Å². The van der Waals surface area contributed by atoms with Gasteiger partial charge in [0.2, 0.25) is 5.91 Å². The van der Waals surface area contributed by atoms with E-state index in [1.807, 2.05) is 55.5 Å². The summed E-state index contributed by atoms with van der Waals surface area (Å²) in [6, 6.07) is 15.5. The summed E-state index contributed by atoms with van der Waals surface area (Å²) in [5.74, 6) is -0.344. The van der Waals surface area contributed by atoms with Crippen LogP contribution in [-0.4, -0.2) is 46.6 Å². The van der Waals surface area contributed by atoms with Gasteiger partial charge in [-0.05, 0) is 31.0 Å². The van der Waals surface area contributed by atoms with Crippen molar-refractivity contribution >= 4 is 5.91 Å². The van der Waals surface area contributed by atoms with Crippen molar-refractivity contribution in [2.75, 3.05) is 19.6 Å². The van der Waals surface area contributed by atoms with E-state index >= 15 is 0 Å². The lowest BCUT2D eigenvalue weighted by Gasteiger charge is -2.26. The second-order valence-electron chi connectivity index (χ2n) is 6.65. The monoisotopic (exact) mass is 339 g/mol. The first kappa shape index (κ1) is 17.6. The molecule has 1 saturated heterocycles. The Morgan fingerprint density at radius 2 is 2.04 bits per heavy atom. The van der Waals surface area contributed by atoms with Gasteiger partial charge in [0.25, 0.3) is 0 Å². The largest absolute Gasteiger partial charge is 0.392 e. The first-order valence-electron chi connectivity index (χ1n) is 8.80. The van der Waals surface area contributed by atoms with Gasteiger partial charge in [0.05, 0.1) is 23.8 Å². The number of carbonyl (C=O) groups excluding carboxylic acids is 1. The van der Waals surface area contributed by atoms with Crippen LogP contribution in [0.15, 0.2) is 54.7 Å². The average molecular weight is 339 g/mol. The molecule has 1 aromatic heterocycles. The summed E-state index contributed by atoms with van der Waals surface area (Å²) in [4.78, 5) is 19.2. The molecule has 3 rings (SSSR count). The van der Waals surface area contributed by atoms with Crippen LogP contribution in [0.3, 0.4) is 0 Å². The Bertz CT molecular complexity index is 678. The molecule has 1 aliphatic rings. The molecule has 1 aromatic carbocycles. The smallest absolute Gasteiger partial charge is 0.229 e. The zero-order valence-corrected chi connectivity index (χ0v) is 14.5. The molecule has 1 fully saturated rings. The number of aliphatic hydroxyl groups excluding tert-OH is 1. The van der Waals surface area contributed by atoms with Gasteiger partial charge in [-0.1, -0.05) is 36.4 Å². The first-order chi connectivity index (χ1) is 12.1. The molecule has 132 valence electrons. The third-order valence-electron chi connectivity index (χ3n) is 4.73. The van der Waals surface area contributed by atoms with Crippen LogP contribution in [0.2, 0.25) is 0 Å². The van der Waals surface area contributed by atoms with Gasteiger partial charge in [0.1, 0.15) is 0 Å². The number of benzene rings is 1. The van der Waals surface area contributed by atoms with Crippen molar-refractivity contribution in [3.8, 4) is 0 Å². The van der Waals surface area contributed by atoms with Crippen LogP contribution in [0.1, 0.15) is 36.6 Å². The SMILES string of the molecule is CC(C(=O)NC(CN1CCC(O)C1)c1ccccc1)c1ccccn1. The fourth-order valence-corrected chi connectivity index (χ4v) is 3.22.